The number of hydrogen-bond donors (Lipinski definition) is 2. The standard InChI is InChI=1S/C17H25N3O2/c1-18-9-3-7-16(21)19-12-14-5-2-6-15(11-14)13-20-10-4-8-17(20)22/h2,5-6,11,18H,3-4,7-10,12-13H2,1H3,(H,19,21). The minimum atomic E-state index is 0.0790. The summed E-state index contributed by atoms with van der Waals surface area (Å²) < 4.78 is 0. The third-order valence-corrected chi connectivity index (χ3v) is 3.86. The normalized spacial score (nSPS) is 14.4. The molecule has 1 aromatic rings. The molecule has 0 aromatic heterocycles. The lowest BCUT2D eigenvalue weighted by atomic mass is 10.1. The summed E-state index contributed by atoms with van der Waals surface area (Å²) in [6.45, 7) is 2.92. The first-order valence-corrected chi connectivity index (χ1v) is 7.96. The van der Waals surface area contributed by atoms with Gasteiger partial charge in [0.2, 0.25) is 11.8 Å². The number of nitrogens with one attached hydrogen (secondary N) is 2. The summed E-state index contributed by atoms with van der Waals surface area (Å²) in [5.41, 5.74) is 2.20. The molecule has 5 heteroatoms. The maximum atomic E-state index is 11.7. The second-order valence-corrected chi connectivity index (χ2v) is 5.72. The van der Waals surface area contributed by atoms with Crippen LogP contribution in [0.25, 0.3) is 0 Å². The number of nitrogens with zero attached hydrogens (tertiary/aromatic N) is 1. The topological polar surface area (TPSA) is 61.4 Å². The second-order valence-electron chi connectivity index (χ2n) is 5.72. The van der Waals surface area contributed by atoms with Gasteiger partial charge < -0.3 is 15.5 Å². The molecule has 1 saturated heterocycles. The number of amides is 2. The summed E-state index contributed by atoms with van der Waals surface area (Å²) in [6.07, 6.45) is 3.02. The Morgan fingerprint density at radius 3 is 2.86 bits per heavy atom. The molecule has 1 aliphatic heterocycles. The largest absolute Gasteiger partial charge is 0.352 e. The van der Waals surface area contributed by atoms with Crippen molar-refractivity contribution < 1.29 is 9.59 Å². The van der Waals surface area contributed by atoms with E-state index in [1.54, 1.807) is 0 Å². The van der Waals surface area contributed by atoms with Gasteiger partial charge in [0.15, 0.2) is 0 Å². The van der Waals surface area contributed by atoms with Crippen molar-refractivity contribution in [1.29, 1.82) is 0 Å². The molecule has 120 valence electrons. The molecule has 5 nitrogen and oxygen atoms in total. The molecular weight excluding hydrogens is 278 g/mol. The third-order valence-electron chi connectivity index (χ3n) is 3.86. The first kappa shape index (κ1) is 16.5. The molecule has 1 heterocycles. The Morgan fingerprint density at radius 1 is 1.32 bits per heavy atom. The monoisotopic (exact) mass is 303 g/mol. The van der Waals surface area contributed by atoms with Gasteiger partial charge in [-0.1, -0.05) is 24.3 Å². The van der Waals surface area contributed by atoms with Gasteiger partial charge in [-0.3, -0.25) is 9.59 Å². The molecule has 1 aliphatic rings. The number of benzene rings is 1. The van der Waals surface area contributed by atoms with Crippen LogP contribution < -0.4 is 10.6 Å². The van der Waals surface area contributed by atoms with Crippen LogP contribution in [0.4, 0.5) is 0 Å². The molecular formula is C17H25N3O2. The van der Waals surface area contributed by atoms with Crippen LogP contribution in [-0.2, 0) is 22.7 Å². The van der Waals surface area contributed by atoms with E-state index in [0.717, 1.165) is 37.1 Å². The highest BCUT2D eigenvalue weighted by Crippen LogP contribution is 2.15. The highest BCUT2D eigenvalue weighted by Gasteiger charge is 2.19. The van der Waals surface area contributed by atoms with Crippen molar-refractivity contribution >= 4 is 11.8 Å². The first-order valence-electron chi connectivity index (χ1n) is 7.96. The van der Waals surface area contributed by atoms with E-state index in [2.05, 4.69) is 16.7 Å². The van der Waals surface area contributed by atoms with Crippen LogP contribution >= 0.6 is 0 Å². The van der Waals surface area contributed by atoms with Crippen molar-refractivity contribution in [2.45, 2.75) is 38.8 Å². The van der Waals surface area contributed by atoms with Crippen LogP contribution in [0.15, 0.2) is 24.3 Å². The Hall–Kier alpha value is -1.88. The molecule has 0 unspecified atom stereocenters. The van der Waals surface area contributed by atoms with Crippen LogP contribution in [0.2, 0.25) is 0 Å². The number of carbonyl (C=O) groups excluding carboxylic acids is 2. The Balaban J connectivity index is 1.81. The predicted molar refractivity (Wildman–Crippen MR) is 86.1 cm³/mol. The van der Waals surface area contributed by atoms with E-state index in [1.165, 1.54) is 0 Å². The minimum absolute atomic E-state index is 0.0790. The Morgan fingerprint density at radius 2 is 2.14 bits per heavy atom. The Labute approximate surface area is 132 Å². The zero-order valence-corrected chi connectivity index (χ0v) is 13.2. The third kappa shape index (κ3) is 5.15. The van der Waals surface area contributed by atoms with Gasteiger partial charge in [-0.05, 0) is 37.6 Å². The van der Waals surface area contributed by atoms with E-state index in [9.17, 15) is 9.59 Å². The summed E-state index contributed by atoms with van der Waals surface area (Å²) in [6, 6.07) is 8.09. The molecule has 2 rings (SSSR count). The molecule has 0 atom stereocenters. The number of likely N-dealkylation sites (tertiary alicyclic amines) is 1. The van der Waals surface area contributed by atoms with E-state index in [1.807, 2.05) is 30.1 Å². The summed E-state index contributed by atoms with van der Waals surface area (Å²) in [5.74, 6) is 0.318. The zero-order valence-electron chi connectivity index (χ0n) is 13.2. The van der Waals surface area contributed by atoms with E-state index in [0.29, 0.717) is 25.9 Å². The highest BCUT2D eigenvalue weighted by atomic mass is 16.2. The van der Waals surface area contributed by atoms with Gasteiger partial charge in [0.1, 0.15) is 0 Å². The molecule has 22 heavy (non-hydrogen) atoms. The summed E-state index contributed by atoms with van der Waals surface area (Å²) >= 11 is 0. The van der Waals surface area contributed by atoms with Crippen molar-refractivity contribution in [1.82, 2.24) is 15.5 Å². The summed E-state index contributed by atoms with van der Waals surface area (Å²) in [5, 5.41) is 5.97. The van der Waals surface area contributed by atoms with Gasteiger partial charge in [-0.25, -0.2) is 0 Å². The average Bonchev–Trinajstić information content (AvgIpc) is 2.91. The van der Waals surface area contributed by atoms with Crippen LogP contribution in [0.3, 0.4) is 0 Å². The van der Waals surface area contributed by atoms with Crippen molar-refractivity contribution in [3.8, 4) is 0 Å². The highest BCUT2D eigenvalue weighted by molar-refractivity contribution is 5.78. The second kappa shape index (κ2) is 8.54. The molecule has 1 aromatic carbocycles. The Bertz CT molecular complexity index is 516. The minimum Gasteiger partial charge on any atom is -0.352 e. The fraction of sp³-hybridized carbons (Fsp3) is 0.529. The molecule has 2 N–H and O–H groups in total. The van der Waals surface area contributed by atoms with Crippen LogP contribution in [-0.4, -0.2) is 36.9 Å². The lowest BCUT2D eigenvalue weighted by molar-refractivity contribution is -0.128. The molecule has 1 fully saturated rings. The van der Waals surface area contributed by atoms with Crippen molar-refractivity contribution in [3.63, 3.8) is 0 Å². The van der Waals surface area contributed by atoms with Crippen LogP contribution in [0, 0.1) is 0 Å². The molecule has 0 aliphatic carbocycles. The van der Waals surface area contributed by atoms with Gasteiger partial charge >= 0.3 is 0 Å². The van der Waals surface area contributed by atoms with Crippen molar-refractivity contribution in [2.24, 2.45) is 0 Å². The quantitative estimate of drug-likeness (QED) is 0.714. The summed E-state index contributed by atoms with van der Waals surface area (Å²) in [7, 11) is 1.88. The van der Waals surface area contributed by atoms with Crippen molar-refractivity contribution in [2.75, 3.05) is 20.1 Å². The van der Waals surface area contributed by atoms with Gasteiger partial charge in [0.25, 0.3) is 0 Å². The van der Waals surface area contributed by atoms with Crippen molar-refractivity contribution in [3.05, 3.63) is 35.4 Å². The zero-order chi connectivity index (χ0) is 15.8. The molecule has 0 saturated carbocycles. The van der Waals surface area contributed by atoms with Gasteiger partial charge in [-0.15, -0.1) is 0 Å². The molecule has 0 bridgehead atoms. The smallest absolute Gasteiger partial charge is 0.222 e. The lowest BCUT2D eigenvalue weighted by Crippen LogP contribution is -2.25. The molecule has 0 spiro atoms. The van der Waals surface area contributed by atoms with Crippen LogP contribution in [0.1, 0.15) is 36.8 Å². The number of rotatable bonds is 8. The molecule has 0 radical (unpaired) electrons. The maximum Gasteiger partial charge on any atom is 0.222 e. The molecule has 2 amide bonds. The summed E-state index contributed by atoms with van der Waals surface area (Å²) in [4.78, 5) is 25.3. The van der Waals surface area contributed by atoms with E-state index < -0.39 is 0 Å². The van der Waals surface area contributed by atoms with Gasteiger partial charge in [-0.2, -0.15) is 0 Å². The van der Waals surface area contributed by atoms with Gasteiger partial charge in [0.05, 0.1) is 0 Å². The van der Waals surface area contributed by atoms with E-state index in [4.69, 9.17) is 0 Å². The van der Waals surface area contributed by atoms with E-state index >= 15 is 0 Å². The van der Waals surface area contributed by atoms with Crippen LogP contribution in [0.5, 0.6) is 0 Å². The van der Waals surface area contributed by atoms with E-state index in [-0.39, 0.29) is 11.8 Å². The average molecular weight is 303 g/mol. The number of hydrogen-bond acceptors (Lipinski definition) is 3. The fourth-order valence-corrected chi connectivity index (χ4v) is 2.64. The Kier molecular flexibility index (Phi) is 6.40. The SMILES string of the molecule is CNCCCC(=O)NCc1cccc(CN2CCCC2=O)c1. The lowest BCUT2D eigenvalue weighted by Gasteiger charge is -2.16. The predicted octanol–water partition coefficient (Wildman–Crippen LogP) is 1.42. The fourth-order valence-electron chi connectivity index (χ4n) is 2.64. The van der Waals surface area contributed by atoms with Gasteiger partial charge in [0, 0.05) is 32.5 Å². The maximum absolute atomic E-state index is 11.7. The number of carbonyl (C=O) groups is 2. The first-order chi connectivity index (χ1) is 10.7.